The molecule has 0 atom stereocenters. The highest BCUT2D eigenvalue weighted by atomic mass is 32.2. The number of benzene rings is 2. The molecule has 3 rings (SSSR count). The van der Waals surface area contributed by atoms with Crippen LogP contribution in [-0.4, -0.2) is 38.3 Å². The third-order valence-corrected chi connectivity index (χ3v) is 5.62. The van der Waals surface area contributed by atoms with Gasteiger partial charge in [-0.15, -0.1) is 0 Å². The molecule has 1 N–H and O–H groups in total. The van der Waals surface area contributed by atoms with E-state index in [0.717, 1.165) is 0 Å². The van der Waals surface area contributed by atoms with Crippen molar-refractivity contribution in [3.63, 3.8) is 0 Å². The smallest absolute Gasteiger partial charge is 0.253 e. The molecule has 0 aliphatic heterocycles. The zero-order valence-corrected chi connectivity index (χ0v) is 14.5. The first-order chi connectivity index (χ1) is 11.8. The topological polar surface area (TPSA) is 87.3 Å². The third kappa shape index (κ3) is 2.94. The van der Waals surface area contributed by atoms with E-state index in [4.69, 9.17) is 0 Å². The van der Waals surface area contributed by atoms with Gasteiger partial charge in [0.05, 0.1) is 10.4 Å². The number of amides is 1. The van der Waals surface area contributed by atoms with Crippen molar-refractivity contribution in [3.8, 4) is 0 Å². The van der Waals surface area contributed by atoms with Crippen molar-refractivity contribution in [1.82, 2.24) is 9.88 Å². The summed E-state index contributed by atoms with van der Waals surface area (Å²) in [4.78, 5) is 28.7. The fraction of sp³-hybridized carbons (Fsp3) is 0.111. The van der Waals surface area contributed by atoms with Crippen molar-refractivity contribution in [2.75, 3.05) is 14.1 Å². The van der Waals surface area contributed by atoms with Crippen LogP contribution >= 0.6 is 0 Å². The number of sulfone groups is 1. The first-order valence-corrected chi connectivity index (χ1v) is 8.98. The molecule has 0 spiro atoms. The van der Waals surface area contributed by atoms with Crippen LogP contribution in [0.25, 0.3) is 10.9 Å². The fourth-order valence-corrected chi connectivity index (χ4v) is 3.86. The minimum atomic E-state index is -3.92. The highest BCUT2D eigenvalue weighted by Gasteiger charge is 2.22. The monoisotopic (exact) mass is 356 g/mol. The van der Waals surface area contributed by atoms with Gasteiger partial charge in [0.25, 0.3) is 5.91 Å². The molecule has 1 heterocycles. The summed E-state index contributed by atoms with van der Waals surface area (Å²) in [6, 6.07) is 12.3. The van der Waals surface area contributed by atoms with Gasteiger partial charge in [0.1, 0.15) is 4.90 Å². The average Bonchev–Trinajstić information content (AvgIpc) is 2.61. The van der Waals surface area contributed by atoms with E-state index in [1.165, 1.54) is 41.4 Å². The van der Waals surface area contributed by atoms with Gasteiger partial charge in [-0.05, 0) is 30.3 Å². The molecule has 128 valence electrons. The maximum Gasteiger partial charge on any atom is 0.253 e. The number of hydrogen-bond donors (Lipinski definition) is 1. The van der Waals surface area contributed by atoms with Crippen LogP contribution in [0, 0.1) is 0 Å². The summed E-state index contributed by atoms with van der Waals surface area (Å²) in [5.74, 6) is -0.205. The summed E-state index contributed by atoms with van der Waals surface area (Å²) in [7, 11) is -0.660. The lowest BCUT2D eigenvalue weighted by atomic mass is 10.1. The first kappa shape index (κ1) is 16.9. The Morgan fingerprint density at radius 1 is 1.04 bits per heavy atom. The molecule has 6 nitrogen and oxygen atoms in total. The van der Waals surface area contributed by atoms with Gasteiger partial charge in [0, 0.05) is 31.2 Å². The number of carbonyl (C=O) groups is 1. The molecule has 0 saturated carbocycles. The largest absolute Gasteiger partial charge is 0.360 e. The summed E-state index contributed by atoms with van der Waals surface area (Å²) < 4.78 is 25.4. The number of H-pyrrole nitrogens is 1. The predicted octanol–water partition coefficient (Wildman–Crippen LogP) is 2.06. The average molecular weight is 356 g/mol. The Morgan fingerprint density at radius 3 is 2.36 bits per heavy atom. The van der Waals surface area contributed by atoms with Crippen molar-refractivity contribution in [2.24, 2.45) is 0 Å². The van der Waals surface area contributed by atoms with Crippen molar-refractivity contribution < 1.29 is 13.2 Å². The van der Waals surface area contributed by atoms with Crippen molar-refractivity contribution in [3.05, 3.63) is 70.5 Å². The van der Waals surface area contributed by atoms with E-state index in [0.29, 0.717) is 11.1 Å². The van der Waals surface area contributed by atoms with Gasteiger partial charge in [-0.1, -0.05) is 18.2 Å². The molecule has 0 fully saturated rings. The van der Waals surface area contributed by atoms with Crippen LogP contribution in [0.1, 0.15) is 10.4 Å². The molecule has 0 bridgehead atoms. The molecule has 0 aliphatic rings. The predicted molar refractivity (Wildman–Crippen MR) is 94.5 cm³/mol. The van der Waals surface area contributed by atoms with Crippen LogP contribution in [0.5, 0.6) is 0 Å². The van der Waals surface area contributed by atoms with E-state index in [9.17, 15) is 18.0 Å². The number of aromatic amines is 1. The summed E-state index contributed by atoms with van der Waals surface area (Å²) in [6.45, 7) is 0. The van der Waals surface area contributed by atoms with Crippen molar-refractivity contribution in [1.29, 1.82) is 0 Å². The lowest BCUT2D eigenvalue weighted by Crippen LogP contribution is -2.22. The lowest BCUT2D eigenvalue weighted by Gasteiger charge is -2.11. The Hall–Kier alpha value is -2.93. The highest BCUT2D eigenvalue weighted by Crippen LogP contribution is 2.20. The zero-order valence-electron chi connectivity index (χ0n) is 13.7. The Kier molecular flexibility index (Phi) is 4.18. The van der Waals surface area contributed by atoms with E-state index in [1.807, 2.05) is 0 Å². The van der Waals surface area contributed by atoms with Crippen molar-refractivity contribution in [2.45, 2.75) is 9.79 Å². The molecule has 0 unspecified atom stereocenters. The van der Waals surface area contributed by atoms with Gasteiger partial charge >= 0.3 is 0 Å². The number of hydrogen-bond acceptors (Lipinski definition) is 4. The number of fused-ring (bicyclic) bond motifs is 1. The highest BCUT2D eigenvalue weighted by molar-refractivity contribution is 7.91. The second-order valence-corrected chi connectivity index (χ2v) is 7.68. The third-order valence-electron chi connectivity index (χ3n) is 3.84. The Morgan fingerprint density at radius 2 is 1.72 bits per heavy atom. The van der Waals surface area contributed by atoms with Gasteiger partial charge in [0.15, 0.2) is 0 Å². The minimum Gasteiger partial charge on any atom is -0.360 e. The summed E-state index contributed by atoms with van der Waals surface area (Å²) in [5, 5.41) is 0.215. The number of nitrogens with one attached hydrogen (secondary N) is 1. The van der Waals surface area contributed by atoms with Gasteiger partial charge in [-0.2, -0.15) is 0 Å². The van der Waals surface area contributed by atoms with Crippen molar-refractivity contribution >= 4 is 26.6 Å². The SMILES string of the molecule is CN(C)C(=O)c1ccc2c(=O)c(S(=O)(=O)c3ccccc3)c[nH]c2c1. The van der Waals surface area contributed by atoms with Gasteiger partial charge < -0.3 is 9.88 Å². The maximum absolute atomic E-state index is 12.7. The minimum absolute atomic E-state index is 0.0549. The molecule has 0 radical (unpaired) electrons. The van der Waals surface area contributed by atoms with Crippen LogP contribution in [0.4, 0.5) is 0 Å². The number of carbonyl (C=O) groups excluding carboxylic acids is 1. The fourth-order valence-electron chi connectivity index (χ4n) is 2.52. The molecule has 2 aromatic carbocycles. The maximum atomic E-state index is 12.7. The van der Waals surface area contributed by atoms with E-state index in [-0.39, 0.29) is 21.1 Å². The van der Waals surface area contributed by atoms with E-state index < -0.39 is 15.3 Å². The quantitative estimate of drug-likeness (QED) is 0.778. The zero-order chi connectivity index (χ0) is 18.2. The second kappa shape index (κ2) is 6.18. The van der Waals surface area contributed by atoms with Crippen LogP contribution in [0.2, 0.25) is 0 Å². The molecular weight excluding hydrogens is 340 g/mol. The molecule has 25 heavy (non-hydrogen) atoms. The number of pyridine rings is 1. The summed E-state index contributed by atoms with van der Waals surface area (Å²) in [6.07, 6.45) is 1.18. The van der Waals surface area contributed by atoms with E-state index >= 15 is 0 Å². The van der Waals surface area contributed by atoms with E-state index in [2.05, 4.69) is 4.98 Å². The van der Waals surface area contributed by atoms with E-state index in [1.54, 1.807) is 32.3 Å². The van der Waals surface area contributed by atoms with Crippen LogP contribution in [0.3, 0.4) is 0 Å². The Balaban J connectivity index is 2.18. The lowest BCUT2D eigenvalue weighted by molar-refractivity contribution is 0.0827. The molecule has 1 aromatic heterocycles. The Labute approximate surface area is 144 Å². The standard InChI is InChI=1S/C18H16N2O4S/c1-20(2)18(22)12-8-9-14-15(10-12)19-11-16(17(14)21)25(23,24)13-6-4-3-5-7-13/h3-11H,1-2H3,(H,19,21). The molecule has 7 heteroatoms. The number of rotatable bonds is 3. The van der Waals surface area contributed by atoms with Crippen LogP contribution in [0.15, 0.2) is 69.3 Å². The van der Waals surface area contributed by atoms with Crippen LogP contribution < -0.4 is 5.43 Å². The molecule has 0 aliphatic carbocycles. The molecular formula is C18H16N2O4S. The van der Waals surface area contributed by atoms with Gasteiger partial charge in [-0.25, -0.2) is 8.42 Å². The number of aromatic nitrogens is 1. The summed E-state index contributed by atoms with van der Waals surface area (Å²) in [5.41, 5.74) is 0.220. The normalized spacial score (nSPS) is 11.4. The number of nitrogens with zero attached hydrogens (tertiary/aromatic N) is 1. The first-order valence-electron chi connectivity index (χ1n) is 7.49. The van der Waals surface area contributed by atoms with Gasteiger partial charge in [0.2, 0.25) is 15.3 Å². The van der Waals surface area contributed by atoms with Gasteiger partial charge in [-0.3, -0.25) is 9.59 Å². The molecule has 3 aromatic rings. The van der Waals surface area contributed by atoms with Crippen LogP contribution in [-0.2, 0) is 9.84 Å². The molecule has 0 saturated heterocycles. The second-order valence-electron chi connectivity index (χ2n) is 5.76. The Bertz CT molecular complexity index is 1120. The summed E-state index contributed by atoms with van der Waals surface area (Å²) >= 11 is 0. The molecule has 1 amide bonds.